The van der Waals surface area contributed by atoms with Gasteiger partial charge in [0.2, 0.25) is 0 Å². The molecule has 0 unspecified atom stereocenters. The van der Waals surface area contributed by atoms with Crippen LogP contribution in [0.2, 0.25) is 10.0 Å². The molecule has 1 saturated heterocycles. The van der Waals surface area contributed by atoms with Gasteiger partial charge in [-0.15, -0.1) is 0 Å². The third kappa shape index (κ3) is 8.38. The van der Waals surface area contributed by atoms with E-state index in [0.29, 0.717) is 22.4 Å². The molecule has 1 aromatic carbocycles. The van der Waals surface area contributed by atoms with Gasteiger partial charge in [-0.3, -0.25) is 0 Å². The monoisotopic (exact) mass is 377 g/mol. The van der Waals surface area contributed by atoms with Gasteiger partial charge in [-0.25, -0.2) is 9.59 Å². The van der Waals surface area contributed by atoms with Gasteiger partial charge in [-0.2, -0.15) is 0 Å². The van der Waals surface area contributed by atoms with E-state index >= 15 is 0 Å². The maximum absolute atomic E-state index is 9.10. The molecule has 1 aromatic rings. The molecule has 2 rings (SSSR count). The Bertz CT molecular complexity index is 535. The predicted molar refractivity (Wildman–Crippen MR) is 92.1 cm³/mol. The van der Waals surface area contributed by atoms with E-state index in [9.17, 15) is 0 Å². The molecule has 0 spiro atoms. The van der Waals surface area contributed by atoms with Crippen molar-refractivity contribution in [2.24, 2.45) is 0 Å². The normalized spacial score (nSPS) is 13.9. The molecule has 1 aliphatic heterocycles. The molecule has 0 radical (unpaired) electrons. The fourth-order valence-electron chi connectivity index (χ4n) is 2.21. The van der Waals surface area contributed by atoms with Crippen molar-refractivity contribution in [3.63, 3.8) is 0 Å². The summed E-state index contributed by atoms with van der Waals surface area (Å²) in [7, 11) is 0. The van der Waals surface area contributed by atoms with Crippen molar-refractivity contribution in [2.75, 3.05) is 26.2 Å². The average Bonchev–Trinajstić information content (AvgIpc) is 3.04. The Morgan fingerprint density at radius 3 is 2.29 bits per heavy atom. The molecule has 0 atom stereocenters. The summed E-state index contributed by atoms with van der Waals surface area (Å²) in [6, 6.07) is 5.30. The zero-order chi connectivity index (χ0) is 17.9. The summed E-state index contributed by atoms with van der Waals surface area (Å²) in [6.45, 7) is 4.42. The number of rotatable bonds is 6. The van der Waals surface area contributed by atoms with Crippen LogP contribution in [0.4, 0.5) is 0 Å². The predicted octanol–water partition coefficient (Wildman–Crippen LogP) is 3.40. The van der Waals surface area contributed by atoms with Crippen molar-refractivity contribution in [3.05, 3.63) is 28.2 Å². The summed E-state index contributed by atoms with van der Waals surface area (Å²) in [6.07, 6.45) is 4.95. The van der Waals surface area contributed by atoms with Crippen molar-refractivity contribution in [3.8, 4) is 5.75 Å². The molecule has 1 fully saturated rings. The Kier molecular flexibility index (Phi) is 9.52. The second-order valence-electron chi connectivity index (χ2n) is 5.29. The molecule has 6 nitrogen and oxygen atoms in total. The molecule has 8 heteroatoms. The van der Waals surface area contributed by atoms with Crippen molar-refractivity contribution >= 4 is 35.1 Å². The molecule has 0 amide bonds. The van der Waals surface area contributed by atoms with Crippen LogP contribution in [0.3, 0.4) is 0 Å². The van der Waals surface area contributed by atoms with Crippen molar-refractivity contribution in [2.45, 2.75) is 25.7 Å². The van der Waals surface area contributed by atoms with Gasteiger partial charge in [0.1, 0.15) is 5.75 Å². The lowest BCUT2D eigenvalue weighted by Gasteiger charge is -2.14. The van der Waals surface area contributed by atoms with E-state index in [-0.39, 0.29) is 0 Å². The van der Waals surface area contributed by atoms with E-state index in [1.54, 1.807) is 18.2 Å². The lowest BCUT2D eigenvalue weighted by Crippen LogP contribution is -2.20. The van der Waals surface area contributed by atoms with Gasteiger partial charge in [-0.1, -0.05) is 23.2 Å². The smallest absolute Gasteiger partial charge is 0.414 e. The SMILES string of the molecule is Clc1ccc(Cl)c(OCCCCN2CCCC2)c1.O=C(O)C(=O)O. The summed E-state index contributed by atoms with van der Waals surface area (Å²) in [5.74, 6) is -2.96. The van der Waals surface area contributed by atoms with Crippen LogP contribution in [0.15, 0.2) is 18.2 Å². The van der Waals surface area contributed by atoms with Crippen LogP contribution < -0.4 is 4.74 Å². The Morgan fingerprint density at radius 1 is 1.08 bits per heavy atom. The average molecular weight is 378 g/mol. The first-order chi connectivity index (χ1) is 11.4. The zero-order valence-electron chi connectivity index (χ0n) is 13.2. The van der Waals surface area contributed by atoms with Crippen LogP contribution in [-0.2, 0) is 9.59 Å². The summed E-state index contributed by atoms with van der Waals surface area (Å²) >= 11 is 11.9. The molecule has 1 heterocycles. The highest BCUT2D eigenvalue weighted by Gasteiger charge is 2.10. The number of carboxylic acids is 2. The fraction of sp³-hybridized carbons (Fsp3) is 0.500. The van der Waals surface area contributed by atoms with E-state index in [1.165, 1.54) is 38.9 Å². The van der Waals surface area contributed by atoms with Crippen LogP contribution in [0.25, 0.3) is 0 Å². The maximum Gasteiger partial charge on any atom is 0.414 e. The number of aliphatic carboxylic acids is 2. The third-order valence-corrected chi connectivity index (χ3v) is 3.95. The first kappa shape index (κ1) is 20.5. The van der Waals surface area contributed by atoms with Gasteiger partial charge < -0.3 is 19.8 Å². The highest BCUT2D eigenvalue weighted by atomic mass is 35.5. The number of hydrogen-bond donors (Lipinski definition) is 2. The minimum atomic E-state index is -1.82. The molecule has 0 aromatic heterocycles. The van der Waals surface area contributed by atoms with Gasteiger partial charge in [-0.05, 0) is 57.5 Å². The Hall–Kier alpha value is -1.50. The van der Waals surface area contributed by atoms with E-state index in [1.807, 2.05) is 0 Å². The van der Waals surface area contributed by atoms with Crippen molar-refractivity contribution in [1.29, 1.82) is 0 Å². The molecule has 0 saturated carbocycles. The van der Waals surface area contributed by atoms with E-state index in [0.717, 1.165) is 6.42 Å². The molecule has 134 valence electrons. The third-order valence-electron chi connectivity index (χ3n) is 3.40. The van der Waals surface area contributed by atoms with Crippen LogP contribution in [0.5, 0.6) is 5.75 Å². The minimum absolute atomic E-state index is 0.624. The van der Waals surface area contributed by atoms with E-state index < -0.39 is 11.9 Å². The van der Waals surface area contributed by atoms with Gasteiger partial charge in [0.25, 0.3) is 0 Å². The number of benzene rings is 1. The first-order valence-corrected chi connectivity index (χ1v) is 8.42. The highest BCUT2D eigenvalue weighted by molar-refractivity contribution is 6.34. The highest BCUT2D eigenvalue weighted by Crippen LogP contribution is 2.27. The van der Waals surface area contributed by atoms with Crippen molar-refractivity contribution < 1.29 is 24.5 Å². The van der Waals surface area contributed by atoms with Crippen LogP contribution in [0, 0.1) is 0 Å². The Balaban J connectivity index is 0.000000413. The molecule has 1 aliphatic rings. The quantitative estimate of drug-likeness (QED) is 0.583. The van der Waals surface area contributed by atoms with Gasteiger partial charge in [0.15, 0.2) is 0 Å². The largest absolute Gasteiger partial charge is 0.492 e. The lowest BCUT2D eigenvalue weighted by molar-refractivity contribution is -0.159. The zero-order valence-corrected chi connectivity index (χ0v) is 14.7. The number of carbonyl (C=O) groups is 2. The standard InChI is InChI=1S/C14H19Cl2NO.C2H2O4/c15-12-5-6-13(16)14(11-12)18-10-4-3-9-17-7-1-2-8-17;3-1(4)2(5)6/h5-6,11H,1-4,7-10H2;(H,3,4)(H,5,6). The molecule has 24 heavy (non-hydrogen) atoms. The number of unbranched alkanes of at least 4 members (excludes halogenated alkanes) is 1. The number of likely N-dealkylation sites (tertiary alicyclic amines) is 1. The number of ether oxygens (including phenoxy) is 1. The summed E-state index contributed by atoms with van der Waals surface area (Å²) < 4.78 is 5.65. The number of carboxylic acid groups (broad SMARTS) is 2. The Labute approximate surface area is 150 Å². The number of hydrogen-bond acceptors (Lipinski definition) is 4. The molecule has 2 N–H and O–H groups in total. The second kappa shape index (κ2) is 11.1. The molecular weight excluding hydrogens is 357 g/mol. The number of halogens is 2. The van der Waals surface area contributed by atoms with Gasteiger partial charge >= 0.3 is 11.9 Å². The first-order valence-electron chi connectivity index (χ1n) is 7.66. The molecule has 0 aliphatic carbocycles. The Morgan fingerprint density at radius 2 is 1.71 bits per heavy atom. The summed E-state index contributed by atoms with van der Waals surface area (Å²) in [5, 5.41) is 16.1. The van der Waals surface area contributed by atoms with Crippen LogP contribution >= 0.6 is 23.2 Å². The van der Waals surface area contributed by atoms with E-state index in [4.69, 9.17) is 47.7 Å². The summed E-state index contributed by atoms with van der Waals surface area (Å²) in [5.41, 5.74) is 0. The number of nitrogens with zero attached hydrogens (tertiary/aromatic N) is 1. The molecular formula is C16H21Cl2NO5. The molecule has 0 bridgehead atoms. The van der Waals surface area contributed by atoms with Crippen LogP contribution in [0.1, 0.15) is 25.7 Å². The lowest BCUT2D eigenvalue weighted by atomic mass is 10.3. The maximum atomic E-state index is 9.10. The fourth-order valence-corrected chi connectivity index (χ4v) is 2.55. The summed E-state index contributed by atoms with van der Waals surface area (Å²) in [4.78, 5) is 20.7. The van der Waals surface area contributed by atoms with Gasteiger partial charge in [0.05, 0.1) is 11.6 Å². The topological polar surface area (TPSA) is 87.1 Å². The van der Waals surface area contributed by atoms with Crippen LogP contribution in [-0.4, -0.2) is 53.3 Å². The van der Waals surface area contributed by atoms with E-state index in [2.05, 4.69) is 4.90 Å². The second-order valence-corrected chi connectivity index (χ2v) is 6.13. The van der Waals surface area contributed by atoms with Crippen molar-refractivity contribution in [1.82, 2.24) is 4.90 Å². The minimum Gasteiger partial charge on any atom is -0.492 e. The van der Waals surface area contributed by atoms with Gasteiger partial charge in [0, 0.05) is 11.1 Å².